The van der Waals surface area contributed by atoms with Crippen molar-refractivity contribution >= 4 is 11.5 Å². The number of hydrogen-bond acceptors (Lipinski definition) is 5. The highest BCUT2D eigenvalue weighted by Gasteiger charge is 2.41. The normalized spacial score (nSPS) is 11.4. The van der Waals surface area contributed by atoms with Gasteiger partial charge < -0.3 is 0 Å². The molecule has 7 nitrogen and oxygen atoms in total. The van der Waals surface area contributed by atoms with E-state index in [-0.39, 0.29) is 17.8 Å². The number of nitro benzene ring substituents is 1. The molecule has 10 heteroatoms. The Morgan fingerprint density at radius 2 is 2.00 bits per heavy atom. The number of alkyl halides is 3. The summed E-state index contributed by atoms with van der Waals surface area (Å²) in [6.45, 7) is -0.171. The summed E-state index contributed by atoms with van der Waals surface area (Å²) < 4.78 is 37.6. The lowest BCUT2D eigenvalue weighted by atomic mass is 10.2. The van der Waals surface area contributed by atoms with Gasteiger partial charge in [0.1, 0.15) is 0 Å². The zero-order valence-corrected chi connectivity index (χ0v) is 10.2. The molecule has 0 bridgehead atoms. The van der Waals surface area contributed by atoms with Crippen molar-refractivity contribution in [1.82, 2.24) is 15.0 Å². The van der Waals surface area contributed by atoms with Crippen molar-refractivity contribution in [3.63, 3.8) is 0 Å². The van der Waals surface area contributed by atoms with Gasteiger partial charge in [0.25, 0.3) is 11.5 Å². The lowest BCUT2D eigenvalue weighted by Crippen LogP contribution is -2.23. The average Bonchev–Trinajstić information content (AvgIpc) is 2.85. The molecule has 0 aliphatic carbocycles. The number of nitro groups is 1. The molecular formula is C11H7F3N4O3. The Morgan fingerprint density at radius 1 is 1.33 bits per heavy atom. The number of ketones is 1. The van der Waals surface area contributed by atoms with Gasteiger partial charge in [0.15, 0.2) is 5.69 Å². The molecule has 1 aromatic heterocycles. The minimum Gasteiger partial charge on any atom is -0.282 e. The highest BCUT2D eigenvalue weighted by molar-refractivity contribution is 5.98. The Balaban J connectivity index is 2.25. The van der Waals surface area contributed by atoms with Crippen LogP contribution in [0.25, 0.3) is 0 Å². The van der Waals surface area contributed by atoms with E-state index in [1.165, 1.54) is 18.2 Å². The van der Waals surface area contributed by atoms with Crippen molar-refractivity contribution in [2.75, 3.05) is 0 Å². The molecule has 0 aliphatic heterocycles. The van der Waals surface area contributed by atoms with E-state index in [9.17, 15) is 28.1 Å². The second kappa shape index (κ2) is 5.31. The van der Waals surface area contributed by atoms with E-state index in [0.717, 1.165) is 10.9 Å². The first kappa shape index (κ1) is 14.6. The molecule has 0 atom stereocenters. The molecule has 1 heterocycles. The molecule has 0 radical (unpaired) electrons. The smallest absolute Gasteiger partial charge is 0.282 e. The Labute approximate surface area is 115 Å². The monoisotopic (exact) mass is 300 g/mol. The second-order valence-corrected chi connectivity index (χ2v) is 4.01. The third-order valence-corrected chi connectivity index (χ3v) is 2.55. The van der Waals surface area contributed by atoms with Crippen LogP contribution >= 0.6 is 0 Å². The molecule has 2 aromatic rings. The molecule has 0 spiro atoms. The van der Waals surface area contributed by atoms with E-state index in [0.29, 0.717) is 0 Å². The van der Waals surface area contributed by atoms with Crippen LogP contribution in [0.3, 0.4) is 0 Å². The molecule has 0 aliphatic rings. The zero-order chi connectivity index (χ0) is 15.6. The molecule has 1 aromatic carbocycles. The summed E-state index contributed by atoms with van der Waals surface area (Å²) >= 11 is 0. The lowest BCUT2D eigenvalue weighted by Gasteiger charge is -2.02. The first-order chi connectivity index (χ1) is 9.79. The Morgan fingerprint density at radius 3 is 2.62 bits per heavy atom. The van der Waals surface area contributed by atoms with Crippen LogP contribution in [-0.4, -0.2) is 31.9 Å². The van der Waals surface area contributed by atoms with Crippen LogP contribution in [0.5, 0.6) is 0 Å². The van der Waals surface area contributed by atoms with E-state index >= 15 is 0 Å². The molecule has 0 fully saturated rings. The van der Waals surface area contributed by atoms with Gasteiger partial charge >= 0.3 is 6.18 Å². The molecule has 0 unspecified atom stereocenters. The maximum atomic E-state index is 12.2. The summed E-state index contributed by atoms with van der Waals surface area (Å²) in [5.74, 6) is -2.11. The minimum absolute atomic E-state index is 0.171. The van der Waals surface area contributed by atoms with Gasteiger partial charge in [-0.05, 0) is 0 Å². The van der Waals surface area contributed by atoms with E-state index < -0.39 is 22.6 Å². The number of carbonyl (C=O) groups is 1. The van der Waals surface area contributed by atoms with E-state index in [4.69, 9.17) is 0 Å². The van der Waals surface area contributed by atoms with Crippen molar-refractivity contribution in [2.45, 2.75) is 12.7 Å². The summed E-state index contributed by atoms with van der Waals surface area (Å²) in [6, 6.07) is 5.70. The van der Waals surface area contributed by atoms with Gasteiger partial charge in [-0.2, -0.15) is 13.2 Å². The maximum absolute atomic E-state index is 12.2. The van der Waals surface area contributed by atoms with E-state index in [1.54, 1.807) is 6.07 Å². The van der Waals surface area contributed by atoms with Crippen LogP contribution in [0.15, 0.2) is 30.5 Å². The van der Waals surface area contributed by atoms with Crippen LogP contribution < -0.4 is 0 Å². The predicted molar refractivity (Wildman–Crippen MR) is 62.6 cm³/mol. The van der Waals surface area contributed by atoms with Crippen molar-refractivity contribution in [1.29, 1.82) is 0 Å². The van der Waals surface area contributed by atoms with Crippen LogP contribution in [0, 0.1) is 10.1 Å². The van der Waals surface area contributed by atoms with Crippen molar-refractivity contribution in [3.8, 4) is 0 Å². The van der Waals surface area contributed by atoms with Gasteiger partial charge in [0.2, 0.25) is 0 Å². The SMILES string of the molecule is O=C(c1cn(Cc2ccccc2[N+](=O)[O-])nn1)C(F)(F)F. The number of nitrogens with zero attached hydrogens (tertiary/aromatic N) is 4. The van der Waals surface area contributed by atoms with Crippen molar-refractivity contribution in [2.24, 2.45) is 0 Å². The maximum Gasteiger partial charge on any atom is 0.456 e. The molecule has 0 N–H and O–H groups in total. The number of aromatic nitrogens is 3. The average molecular weight is 300 g/mol. The topological polar surface area (TPSA) is 90.9 Å². The first-order valence-electron chi connectivity index (χ1n) is 5.53. The third-order valence-electron chi connectivity index (χ3n) is 2.55. The molecule has 0 amide bonds. The summed E-state index contributed by atoms with van der Waals surface area (Å²) in [5, 5.41) is 17.3. The Hall–Kier alpha value is -2.78. The minimum atomic E-state index is -5.04. The summed E-state index contributed by atoms with van der Waals surface area (Å²) in [4.78, 5) is 21.2. The number of benzene rings is 1. The second-order valence-electron chi connectivity index (χ2n) is 4.01. The fourth-order valence-electron chi connectivity index (χ4n) is 1.62. The fourth-order valence-corrected chi connectivity index (χ4v) is 1.62. The number of halogens is 3. The van der Waals surface area contributed by atoms with Crippen molar-refractivity contribution in [3.05, 3.63) is 51.8 Å². The van der Waals surface area contributed by atoms with Crippen LogP contribution in [-0.2, 0) is 6.54 Å². The standard InChI is InChI=1S/C11H7F3N4O3/c12-11(13,14)10(19)8-6-17(16-15-8)5-7-3-1-2-4-9(7)18(20)21/h1-4,6H,5H2. The van der Waals surface area contributed by atoms with Crippen LogP contribution in [0.1, 0.15) is 16.1 Å². The lowest BCUT2D eigenvalue weighted by molar-refractivity contribution is -0.385. The van der Waals surface area contributed by atoms with Gasteiger partial charge in [-0.3, -0.25) is 14.9 Å². The molecular weight excluding hydrogens is 293 g/mol. The number of Topliss-reactive ketones (excluding diaryl/α,β-unsaturated/α-hetero) is 1. The van der Waals surface area contributed by atoms with Gasteiger partial charge in [0.05, 0.1) is 23.2 Å². The highest BCUT2D eigenvalue weighted by Crippen LogP contribution is 2.21. The quantitative estimate of drug-likeness (QED) is 0.489. The number of hydrogen-bond donors (Lipinski definition) is 0. The zero-order valence-electron chi connectivity index (χ0n) is 10.2. The number of carbonyl (C=O) groups excluding carboxylic acids is 1. The molecule has 21 heavy (non-hydrogen) atoms. The largest absolute Gasteiger partial charge is 0.456 e. The van der Waals surface area contributed by atoms with Crippen molar-refractivity contribution < 1.29 is 22.9 Å². The Kier molecular flexibility index (Phi) is 3.70. The summed E-state index contributed by atoms with van der Waals surface area (Å²) in [7, 11) is 0. The number of rotatable bonds is 4. The molecule has 110 valence electrons. The highest BCUT2D eigenvalue weighted by atomic mass is 19.4. The van der Waals surface area contributed by atoms with Gasteiger partial charge in [-0.25, -0.2) is 4.68 Å². The summed E-state index contributed by atoms with van der Waals surface area (Å²) in [6.07, 6.45) is -4.24. The van der Waals surface area contributed by atoms with Gasteiger partial charge in [-0.15, -0.1) is 5.10 Å². The van der Waals surface area contributed by atoms with Crippen LogP contribution in [0.2, 0.25) is 0 Å². The van der Waals surface area contributed by atoms with Gasteiger partial charge in [0, 0.05) is 6.07 Å². The molecule has 2 rings (SSSR count). The van der Waals surface area contributed by atoms with E-state index in [2.05, 4.69) is 10.3 Å². The molecule has 0 saturated carbocycles. The van der Waals surface area contributed by atoms with Gasteiger partial charge in [-0.1, -0.05) is 23.4 Å². The molecule has 0 saturated heterocycles. The summed E-state index contributed by atoms with van der Waals surface area (Å²) in [5.41, 5.74) is -0.823. The van der Waals surface area contributed by atoms with E-state index in [1.807, 2.05) is 0 Å². The first-order valence-corrected chi connectivity index (χ1v) is 5.53. The Bertz CT molecular complexity index is 696. The predicted octanol–water partition coefficient (Wildman–Crippen LogP) is 1.98. The fraction of sp³-hybridized carbons (Fsp3) is 0.182. The third kappa shape index (κ3) is 3.22. The van der Waals surface area contributed by atoms with Crippen LogP contribution in [0.4, 0.5) is 18.9 Å². The number of para-hydroxylation sites is 1.